The Morgan fingerprint density at radius 1 is 0.774 bits per heavy atom. The van der Waals surface area contributed by atoms with E-state index in [9.17, 15) is 9.59 Å². The van der Waals surface area contributed by atoms with Crippen LogP contribution >= 0.6 is 0 Å². The number of hydrogen-bond donors (Lipinski definition) is 1. The largest absolute Gasteiger partial charge is 0.496 e. The second-order valence-corrected chi connectivity index (χ2v) is 8.23. The van der Waals surface area contributed by atoms with Gasteiger partial charge in [-0.25, -0.2) is 0 Å². The molecule has 0 heterocycles. The Morgan fingerprint density at radius 2 is 1.32 bits per heavy atom. The lowest BCUT2D eigenvalue weighted by Crippen LogP contribution is -2.15. The third-order valence-corrected chi connectivity index (χ3v) is 5.06. The molecule has 0 aliphatic rings. The number of hydrogen-bond acceptors (Lipinski definition) is 4. The zero-order chi connectivity index (χ0) is 22.6. The molecular weight excluding hydrogens is 390 g/mol. The molecule has 5 nitrogen and oxygen atoms in total. The first kappa shape index (κ1) is 22.1. The van der Waals surface area contributed by atoms with Crippen molar-refractivity contribution in [3.05, 3.63) is 89.0 Å². The van der Waals surface area contributed by atoms with E-state index >= 15 is 0 Å². The van der Waals surface area contributed by atoms with Gasteiger partial charge in [-0.2, -0.15) is 0 Å². The van der Waals surface area contributed by atoms with Crippen molar-refractivity contribution < 1.29 is 19.1 Å². The maximum Gasteiger partial charge on any atom is 0.259 e. The van der Waals surface area contributed by atoms with Gasteiger partial charge in [0.05, 0.1) is 25.3 Å². The normalized spacial score (nSPS) is 11.0. The van der Waals surface area contributed by atoms with Crippen molar-refractivity contribution in [2.75, 3.05) is 19.5 Å². The molecule has 1 N–H and O–H groups in total. The maximum absolute atomic E-state index is 13.0. The molecule has 3 rings (SSSR count). The number of ketones is 1. The minimum atomic E-state index is -0.350. The minimum absolute atomic E-state index is 0.0280. The maximum atomic E-state index is 13.0. The van der Waals surface area contributed by atoms with E-state index in [-0.39, 0.29) is 22.7 Å². The van der Waals surface area contributed by atoms with Crippen LogP contribution in [-0.2, 0) is 5.41 Å². The number of amides is 1. The van der Waals surface area contributed by atoms with E-state index in [1.165, 1.54) is 25.8 Å². The number of ether oxygens (including phenoxy) is 2. The lowest BCUT2D eigenvalue weighted by atomic mass is 9.87. The van der Waals surface area contributed by atoms with Crippen molar-refractivity contribution in [3.63, 3.8) is 0 Å². The summed E-state index contributed by atoms with van der Waals surface area (Å²) in [6, 6.07) is 19.7. The molecule has 0 aliphatic heterocycles. The standard InChI is InChI=1S/C26H27NO4/c1-26(2,3)18-11-13-19(14-12-18)27-25(29)21-16-22(30-4)20(15-23(21)31-5)24(28)17-9-7-6-8-10-17/h6-16H,1-5H3,(H,27,29). The molecule has 0 fully saturated rings. The van der Waals surface area contributed by atoms with E-state index in [0.29, 0.717) is 28.3 Å². The Hall–Kier alpha value is -3.60. The van der Waals surface area contributed by atoms with Crippen LogP contribution in [0.1, 0.15) is 52.6 Å². The third-order valence-electron chi connectivity index (χ3n) is 5.06. The summed E-state index contributed by atoms with van der Waals surface area (Å²) in [6.45, 7) is 6.40. The predicted molar refractivity (Wildman–Crippen MR) is 123 cm³/mol. The van der Waals surface area contributed by atoms with E-state index in [1.54, 1.807) is 30.3 Å². The topological polar surface area (TPSA) is 64.6 Å². The molecule has 0 aliphatic carbocycles. The van der Waals surface area contributed by atoms with Crippen LogP contribution in [0, 0.1) is 0 Å². The van der Waals surface area contributed by atoms with Gasteiger partial charge < -0.3 is 14.8 Å². The highest BCUT2D eigenvalue weighted by Crippen LogP contribution is 2.31. The highest BCUT2D eigenvalue weighted by Gasteiger charge is 2.22. The number of benzene rings is 3. The van der Waals surface area contributed by atoms with Gasteiger partial charge in [-0.05, 0) is 35.2 Å². The molecule has 31 heavy (non-hydrogen) atoms. The van der Waals surface area contributed by atoms with Crippen LogP contribution in [0.4, 0.5) is 5.69 Å². The van der Waals surface area contributed by atoms with Crippen LogP contribution in [0.2, 0.25) is 0 Å². The molecule has 0 saturated heterocycles. The molecule has 160 valence electrons. The molecule has 3 aromatic rings. The van der Waals surface area contributed by atoms with Crippen molar-refractivity contribution in [1.29, 1.82) is 0 Å². The minimum Gasteiger partial charge on any atom is -0.496 e. The van der Waals surface area contributed by atoms with Gasteiger partial charge in [-0.3, -0.25) is 9.59 Å². The van der Waals surface area contributed by atoms with E-state index < -0.39 is 0 Å². The Morgan fingerprint density at radius 3 is 1.87 bits per heavy atom. The molecule has 0 radical (unpaired) electrons. The lowest BCUT2D eigenvalue weighted by molar-refractivity contribution is 0.101. The fourth-order valence-electron chi connectivity index (χ4n) is 3.25. The number of rotatable bonds is 6. The Kier molecular flexibility index (Phi) is 6.44. The van der Waals surface area contributed by atoms with Crippen LogP contribution in [-0.4, -0.2) is 25.9 Å². The van der Waals surface area contributed by atoms with Gasteiger partial charge >= 0.3 is 0 Å². The fourth-order valence-corrected chi connectivity index (χ4v) is 3.25. The zero-order valence-corrected chi connectivity index (χ0v) is 18.5. The molecule has 5 heteroatoms. The van der Waals surface area contributed by atoms with E-state index in [4.69, 9.17) is 9.47 Å². The summed E-state index contributed by atoms with van der Waals surface area (Å²) in [4.78, 5) is 25.9. The average molecular weight is 418 g/mol. The van der Waals surface area contributed by atoms with Crippen LogP contribution in [0.25, 0.3) is 0 Å². The summed E-state index contributed by atoms with van der Waals surface area (Å²) < 4.78 is 10.9. The molecule has 0 aromatic heterocycles. The average Bonchev–Trinajstić information content (AvgIpc) is 2.78. The van der Waals surface area contributed by atoms with Gasteiger partial charge in [0.2, 0.25) is 0 Å². The second-order valence-electron chi connectivity index (χ2n) is 8.23. The second kappa shape index (κ2) is 9.04. The van der Waals surface area contributed by atoms with E-state index in [1.807, 2.05) is 30.3 Å². The molecule has 0 bridgehead atoms. The zero-order valence-electron chi connectivity index (χ0n) is 18.5. The summed E-state index contributed by atoms with van der Waals surface area (Å²) in [5.74, 6) is 0.0459. The van der Waals surface area contributed by atoms with E-state index in [0.717, 1.165) is 0 Å². The fraction of sp³-hybridized carbons (Fsp3) is 0.231. The smallest absolute Gasteiger partial charge is 0.259 e. The van der Waals surface area contributed by atoms with Gasteiger partial charge in [-0.1, -0.05) is 63.2 Å². The number of methoxy groups -OCH3 is 2. The molecule has 3 aromatic carbocycles. The quantitative estimate of drug-likeness (QED) is 0.539. The first-order chi connectivity index (χ1) is 14.7. The lowest BCUT2D eigenvalue weighted by Gasteiger charge is -2.19. The molecule has 1 amide bonds. The van der Waals surface area contributed by atoms with Crippen molar-refractivity contribution in [2.24, 2.45) is 0 Å². The number of carbonyl (C=O) groups is 2. The van der Waals surface area contributed by atoms with E-state index in [2.05, 4.69) is 26.1 Å². The summed E-state index contributed by atoms with van der Waals surface area (Å²) in [5.41, 5.74) is 3.01. The van der Waals surface area contributed by atoms with Crippen LogP contribution < -0.4 is 14.8 Å². The van der Waals surface area contributed by atoms with Crippen LogP contribution in [0.15, 0.2) is 66.7 Å². The number of carbonyl (C=O) groups excluding carboxylic acids is 2. The Labute approximate surface area is 183 Å². The van der Waals surface area contributed by atoms with Crippen molar-refractivity contribution in [2.45, 2.75) is 26.2 Å². The number of nitrogens with one attached hydrogen (secondary N) is 1. The van der Waals surface area contributed by atoms with Crippen LogP contribution in [0.3, 0.4) is 0 Å². The van der Waals surface area contributed by atoms with Gasteiger partial charge in [0, 0.05) is 11.3 Å². The third kappa shape index (κ3) is 4.94. The first-order valence-electron chi connectivity index (χ1n) is 10.0. The summed E-state index contributed by atoms with van der Waals surface area (Å²) >= 11 is 0. The summed E-state index contributed by atoms with van der Waals surface area (Å²) in [5, 5.41) is 2.88. The van der Waals surface area contributed by atoms with Gasteiger partial charge in [0.1, 0.15) is 11.5 Å². The van der Waals surface area contributed by atoms with Crippen molar-refractivity contribution in [1.82, 2.24) is 0 Å². The molecule has 0 saturated carbocycles. The molecule has 0 spiro atoms. The van der Waals surface area contributed by atoms with Gasteiger partial charge in [0.25, 0.3) is 5.91 Å². The summed E-state index contributed by atoms with van der Waals surface area (Å²) in [6.07, 6.45) is 0. The van der Waals surface area contributed by atoms with Crippen LogP contribution in [0.5, 0.6) is 11.5 Å². The Bertz CT molecular complexity index is 1080. The highest BCUT2D eigenvalue weighted by atomic mass is 16.5. The predicted octanol–water partition coefficient (Wildman–Crippen LogP) is 5.48. The SMILES string of the molecule is COc1cc(C(=O)c2ccccc2)c(OC)cc1C(=O)Nc1ccc(C(C)(C)C)cc1. The Balaban J connectivity index is 1.92. The molecule has 0 unspecified atom stereocenters. The molecule has 0 atom stereocenters. The van der Waals surface area contributed by atoms with Gasteiger partial charge in [0.15, 0.2) is 5.78 Å². The summed E-state index contributed by atoms with van der Waals surface area (Å²) in [7, 11) is 2.93. The first-order valence-corrected chi connectivity index (χ1v) is 10.0. The highest BCUT2D eigenvalue weighted by molar-refractivity contribution is 6.13. The number of anilines is 1. The van der Waals surface area contributed by atoms with Crippen molar-refractivity contribution >= 4 is 17.4 Å². The van der Waals surface area contributed by atoms with Gasteiger partial charge in [-0.15, -0.1) is 0 Å². The monoisotopic (exact) mass is 417 g/mol. The molecular formula is C26H27NO4. The van der Waals surface area contributed by atoms with Crippen molar-refractivity contribution in [3.8, 4) is 11.5 Å².